The molecule has 1 heterocycles. The van der Waals surface area contributed by atoms with Gasteiger partial charge >= 0.3 is 0 Å². The fourth-order valence-corrected chi connectivity index (χ4v) is 3.57. The van der Waals surface area contributed by atoms with Crippen LogP contribution in [0.25, 0.3) is 0 Å². The number of unbranched alkanes of at least 4 members (excludes halogenated alkanes) is 6. The van der Waals surface area contributed by atoms with Gasteiger partial charge in [-0.05, 0) is 40.0 Å². The zero-order chi connectivity index (χ0) is 20.5. The van der Waals surface area contributed by atoms with E-state index in [0.29, 0.717) is 32.0 Å². The molecule has 5 nitrogen and oxygen atoms in total. The maximum Gasteiger partial charge on any atom is 0.282 e. The summed E-state index contributed by atoms with van der Waals surface area (Å²) in [7, 11) is 0. The molecule has 0 radical (unpaired) electrons. The predicted molar refractivity (Wildman–Crippen MR) is 114 cm³/mol. The lowest BCUT2D eigenvalue weighted by Gasteiger charge is -2.32. The number of ether oxygens (including phenoxy) is 5. The SMILES string of the molecule is CCCCC(CCCCCCCCC(OCC)(OCC)OCC)OCC1CO1. The van der Waals surface area contributed by atoms with Crippen molar-refractivity contribution in [2.45, 2.75) is 117 Å². The Hall–Kier alpha value is -0.200. The molecule has 0 spiro atoms. The third kappa shape index (κ3) is 12.4. The largest absolute Gasteiger partial charge is 0.375 e. The van der Waals surface area contributed by atoms with E-state index in [1.54, 1.807) is 0 Å². The summed E-state index contributed by atoms with van der Waals surface area (Å²) in [5.41, 5.74) is 0. The predicted octanol–water partition coefficient (Wildman–Crippen LogP) is 5.84. The Labute approximate surface area is 173 Å². The van der Waals surface area contributed by atoms with Crippen molar-refractivity contribution in [2.75, 3.05) is 33.0 Å². The molecule has 28 heavy (non-hydrogen) atoms. The van der Waals surface area contributed by atoms with Gasteiger partial charge in [0.2, 0.25) is 0 Å². The smallest absolute Gasteiger partial charge is 0.282 e. The average Bonchev–Trinajstić information content (AvgIpc) is 3.50. The number of hydrogen-bond donors (Lipinski definition) is 0. The molecule has 5 heteroatoms. The van der Waals surface area contributed by atoms with E-state index in [-0.39, 0.29) is 0 Å². The summed E-state index contributed by atoms with van der Waals surface area (Å²) in [5.74, 6) is -0.840. The number of rotatable bonds is 21. The van der Waals surface area contributed by atoms with Gasteiger partial charge in [-0.1, -0.05) is 51.9 Å². The van der Waals surface area contributed by atoms with Crippen LogP contribution in [0, 0.1) is 0 Å². The zero-order valence-corrected chi connectivity index (χ0v) is 19.0. The van der Waals surface area contributed by atoms with E-state index in [9.17, 15) is 0 Å². The molecule has 0 aliphatic carbocycles. The van der Waals surface area contributed by atoms with Crippen molar-refractivity contribution >= 4 is 0 Å². The normalized spacial score (nSPS) is 17.8. The van der Waals surface area contributed by atoms with Crippen molar-refractivity contribution in [3.05, 3.63) is 0 Å². The molecule has 1 aliphatic heterocycles. The standard InChI is InChI=1S/C23H46O5/c1-5-9-16-21(24-19-22-20-25-22)17-14-12-10-11-13-15-18-23(26-6-2,27-7-3)28-8-4/h21-22H,5-20H2,1-4H3. The Balaban J connectivity index is 2.10. The van der Waals surface area contributed by atoms with Gasteiger partial charge in [0.05, 0.1) is 19.3 Å². The zero-order valence-electron chi connectivity index (χ0n) is 19.0. The van der Waals surface area contributed by atoms with Crippen LogP contribution in [0.1, 0.15) is 98.3 Å². The first kappa shape index (κ1) is 25.8. The van der Waals surface area contributed by atoms with Crippen LogP contribution < -0.4 is 0 Å². The third-order valence-electron chi connectivity index (χ3n) is 5.15. The lowest BCUT2D eigenvalue weighted by atomic mass is 10.0. The molecule has 0 aromatic rings. The Kier molecular flexibility index (Phi) is 15.3. The minimum atomic E-state index is -0.840. The van der Waals surface area contributed by atoms with Crippen molar-refractivity contribution in [3.8, 4) is 0 Å². The van der Waals surface area contributed by atoms with Crippen LogP contribution in [0.3, 0.4) is 0 Å². The minimum Gasteiger partial charge on any atom is -0.375 e. The Bertz CT molecular complexity index is 329. The van der Waals surface area contributed by atoms with E-state index >= 15 is 0 Å². The Morgan fingerprint density at radius 3 is 1.86 bits per heavy atom. The fraction of sp³-hybridized carbons (Fsp3) is 1.00. The monoisotopic (exact) mass is 402 g/mol. The molecule has 2 atom stereocenters. The van der Waals surface area contributed by atoms with Crippen LogP contribution in [0.15, 0.2) is 0 Å². The van der Waals surface area contributed by atoms with Gasteiger partial charge in [0.25, 0.3) is 5.97 Å². The summed E-state index contributed by atoms with van der Waals surface area (Å²) in [6.07, 6.45) is 13.9. The third-order valence-corrected chi connectivity index (χ3v) is 5.15. The summed E-state index contributed by atoms with van der Waals surface area (Å²) in [6.45, 7) is 11.7. The van der Waals surface area contributed by atoms with Gasteiger partial charge in [0, 0.05) is 26.2 Å². The summed E-state index contributed by atoms with van der Waals surface area (Å²) < 4.78 is 28.7. The van der Waals surface area contributed by atoms with Crippen molar-refractivity contribution < 1.29 is 23.7 Å². The lowest BCUT2D eigenvalue weighted by molar-refractivity contribution is -0.380. The lowest BCUT2D eigenvalue weighted by Crippen LogP contribution is -2.39. The van der Waals surface area contributed by atoms with Crippen LogP contribution in [0.5, 0.6) is 0 Å². The first-order chi connectivity index (χ1) is 13.7. The molecule has 2 unspecified atom stereocenters. The van der Waals surface area contributed by atoms with Gasteiger partial charge in [-0.15, -0.1) is 0 Å². The van der Waals surface area contributed by atoms with Gasteiger partial charge in [-0.3, -0.25) is 0 Å². The highest BCUT2D eigenvalue weighted by Gasteiger charge is 2.31. The van der Waals surface area contributed by atoms with Gasteiger partial charge in [-0.2, -0.15) is 0 Å². The molecular formula is C23H46O5. The highest BCUT2D eigenvalue weighted by atomic mass is 16.9. The van der Waals surface area contributed by atoms with E-state index in [1.165, 1.54) is 57.8 Å². The van der Waals surface area contributed by atoms with E-state index in [4.69, 9.17) is 23.7 Å². The quantitative estimate of drug-likeness (QED) is 0.137. The van der Waals surface area contributed by atoms with Crippen molar-refractivity contribution in [2.24, 2.45) is 0 Å². The van der Waals surface area contributed by atoms with Gasteiger partial charge in [-0.25, -0.2) is 0 Å². The van der Waals surface area contributed by atoms with Gasteiger partial charge in [0.15, 0.2) is 0 Å². The van der Waals surface area contributed by atoms with Gasteiger partial charge < -0.3 is 23.7 Å². The maximum atomic E-state index is 6.05. The molecule has 0 bridgehead atoms. The van der Waals surface area contributed by atoms with E-state index < -0.39 is 5.97 Å². The highest BCUT2D eigenvalue weighted by molar-refractivity contribution is 4.69. The molecule has 1 saturated heterocycles. The van der Waals surface area contributed by atoms with Crippen molar-refractivity contribution in [1.82, 2.24) is 0 Å². The molecule has 0 amide bonds. The highest BCUT2D eigenvalue weighted by Crippen LogP contribution is 2.24. The van der Waals surface area contributed by atoms with Crippen LogP contribution in [-0.4, -0.2) is 51.2 Å². The van der Waals surface area contributed by atoms with Crippen LogP contribution in [0.2, 0.25) is 0 Å². The topological polar surface area (TPSA) is 49.5 Å². The second-order valence-corrected chi connectivity index (χ2v) is 7.69. The van der Waals surface area contributed by atoms with E-state index in [1.807, 2.05) is 20.8 Å². The van der Waals surface area contributed by atoms with Crippen LogP contribution >= 0.6 is 0 Å². The number of hydrogen-bond acceptors (Lipinski definition) is 5. The second kappa shape index (κ2) is 16.6. The van der Waals surface area contributed by atoms with Crippen molar-refractivity contribution in [1.29, 1.82) is 0 Å². The molecule has 168 valence electrons. The van der Waals surface area contributed by atoms with E-state index in [2.05, 4.69) is 6.92 Å². The Morgan fingerprint density at radius 1 is 0.786 bits per heavy atom. The summed E-state index contributed by atoms with van der Waals surface area (Å²) >= 11 is 0. The average molecular weight is 403 g/mol. The maximum absolute atomic E-state index is 6.05. The molecule has 1 rings (SSSR count). The van der Waals surface area contributed by atoms with Crippen molar-refractivity contribution in [3.63, 3.8) is 0 Å². The minimum absolute atomic E-state index is 0.376. The molecule has 1 aliphatic rings. The Morgan fingerprint density at radius 2 is 1.32 bits per heavy atom. The molecule has 1 fully saturated rings. The molecule has 0 aromatic heterocycles. The van der Waals surface area contributed by atoms with E-state index in [0.717, 1.165) is 26.1 Å². The summed E-state index contributed by atoms with van der Waals surface area (Å²) in [6, 6.07) is 0. The summed E-state index contributed by atoms with van der Waals surface area (Å²) in [4.78, 5) is 0. The molecule has 0 saturated carbocycles. The van der Waals surface area contributed by atoms with Gasteiger partial charge in [0.1, 0.15) is 6.10 Å². The fourth-order valence-electron chi connectivity index (χ4n) is 3.57. The molecular weight excluding hydrogens is 356 g/mol. The first-order valence-electron chi connectivity index (χ1n) is 11.8. The molecule has 0 N–H and O–H groups in total. The molecule has 0 aromatic carbocycles. The second-order valence-electron chi connectivity index (χ2n) is 7.69. The number of epoxide rings is 1. The van der Waals surface area contributed by atoms with Crippen LogP contribution in [-0.2, 0) is 23.7 Å². The summed E-state index contributed by atoms with van der Waals surface area (Å²) in [5, 5.41) is 0. The van der Waals surface area contributed by atoms with Crippen LogP contribution in [0.4, 0.5) is 0 Å². The first-order valence-corrected chi connectivity index (χ1v) is 11.8.